The van der Waals surface area contributed by atoms with Crippen molar-refractivity contribution in [2.24, 2.45) is 0 Å². The van der Waals surface area contributed by atoms with E-state index in [2.05, 4.69) is 10.6 Å². The Morgan fingerprint density at radius 1 is 1.15 bits per heavy atom. The minimum atomic E-state index is -1.11. The van der Waals surface area contributed by atoms with Gasteiger partial charge in [-0.15, -0.1) is 0 Å². The third-order valence-electron chi connectivity index (χ3n) is 2.71. The average molecular weight is 278 g/mol. The summed E-state index contributed by atoms with van der Waals surface area (Å²) in [6.45, 7) is 2.79. The van der Waals surface area contributed by atoms with E-state index in [0.717, 1.165) is 5.56 Å². The molecule has 2 amide bonds. The van der Waals surface area contributed by atoms with Crippen molar-refractivity contribution in [1.29, 1.82) is 0 Å². The van der Waals surface area contributed by atoms with Gasteiger partial charge in [-0.25, -0.2) is 4.79 Å². The molecule has 0 aliphatic rings. The van der Waals surface area contributed by atoms with Crippen molar-refractivity contribution in [3.05, 3.63) is 35.9 Å². The zero-order valence-corrected chi connectivity index (χ0v) is 11.4. The van der Waals surface area contributed by atoms with Crippen molar-refractivity contribution >= 4 is 17.8 Å². The molecule has 0 unspecified atom stereocenters. The van der Waals surface area contributed by atoms with Gasteiger partial charge in [-0.05, 0) is 12.5 Å². The van der Waals surface area contributed by atoms with E-state index < -0.39 is 24.0 Å². The largest absolute Gasteiger partial charge is 0.480 e. The first-order valence-corrected chi connectivity index (χ1v) is 6.24. The summed E-state index contributed by atoms with van der Waals surface area (Å²) in [5, 5.41) is 14.0. The molecular weight excluding hydrogens is 260 g/mol. The van der Waals surface area contributed by atoms with Crippen molar-refractivity contribution in [2.75, 3.05) is 0 Å². The van der Waals surface area contributed by atoms with Crippen molar-refractivity contribution in [2.45, 2.75) is 32.4 Å². The predicted octanol–water partition coefficient (Wildman–Crippen LogP) is 0.323. The molecule has 108 valence electrons. The lowest BCUT2D eigenvalue weighted by molar-refractivity contribution is -0.142. The van der Waals surface area contributed by atoms with Crippen LogP contribution in [0.4, 0.5) is 0 Å². The van der Waals surface area contributed by atoms with Crippen LogP contribution in [-0.2, 0) is 20.8 Å². The minimum absolute atomic E-state index is 0.189. The predicted molar refractivity (Wildman–Crippen MR) is 73.0 cm³/mol. The number of carboxylic acid groups (broad SMARTS) is 1. The second-order valence-corrected chi connectivity index (χ2v) is 4.51. The summed E-state index contributed by atoms with van der Waals surface area (Å²) in [5.41, 5.74) is 0.812. The summed E-state index contributed by atoms with van der Waals surface area (Å²) in [4.78, 5) is 33.8. The molecule has 0 bridgehead atoms. The molecule has 20 heavy (non-hydrogen) atoms. The number of carboxylic acids is 1. The van der Waals surface area contributed by atoms with E-state index in [4.69, 9.17) is 5.11 Å². The first-order valence-electron chi connectivity index (χ1n) is 6.24. The van der Waals surface area contributed by atoms with E-state index in [-0.39, 0.29) is 12.3 Å². The lowest BCUT2D eigenvalue weighted by Gasteiger charge is -2.18. The molecule has 0 saturated heterocycles. The number of nitrogens with one attached hydrogen (secondary N) is 2. The van der Waals surface area contributed by atoms with Crippen LogP contribution in [0.15, 0.2) is 30.3 Å². The monoisotopic (exact) mass is 278 g/mol. The molecule has 3 N–H and O–H groups in total. The van der Waals surface area contributed by atoms with Crippen LogP contribution in [0.3, 0.4) is 0 Å². The molecule has 2 atom stereocenters. The zero-order valence-electron chi connectivity index (χ0n) is 11.4. The maximum Gasteiger partial charge on any atom is 0.326 e. The average Bonchev–Trinajstić information content (AvgIpc) is 2.38. The van der Waals surface area contributed by atoms with Crippen LogP contribution < -0.4 is 10.6 Å². The van der Waals surface area contributed by atoms with Gasteiger partial charge in [0.25, 0.3) is 0 Å². The molecule has 0 saturated carbocycles. The highest BCUT2D eigenvalue weighted by atomic mass is 16.4. The third-order valence-corrected chi connectivity index (χ3v) is 2.71. The van der Waals surface area contributed by atoms with E-state index in [9.17, 15) is 14.4 Å². The molecule has 1 aromatic rings. The normalized spacial score (nSPS) is 13.1. The molecule has 0 fully saturated rings. The van der Waals surface area contributed by atoms with E-state index in [1.807, 2.05) is 6.07 Å². The van der Waals surface area contributed by atoms with Crippen LogP contribution in [0.25, 0.3) is 0 Å². The lowest BCUT2D eigenvalue weighted by Crippen LogP contribution is -2.50. The van der Waals surface area contributed by atoms with Gasteiger partial charge in [0.2, 0.25) is 11.8 Å². The van der Waals surface area contributed by atoms with Gasteiger partial charge < -0.3 is 15.7 Å². The SMILES string of the molecule is CC(=O)N[C@H](C)C(=O)N[C@H](Cc1ccccc1)C(=O)O. The molecule has 0 radical (unpaired) electrons. The second kappa shape index (κ2) is 7.28. The van der Waals surface area contributed by atoms with Gasteiger partial charge in [-0.1, -0.05) is 30.3 Å². The summed E-state index contributed by atoms with van der Waals surface area (Å²) in [6, 6.07) is 7.22. The maximum absolute atomic E-state index is 11.8. The van der Waals surface area contributed by atoms with Crippen molar-refractivity contribution in [3.63, 3.8) is 0 Å². The van der Waals surface area contributed by atoms with Crippen LogP contribution in [0, 0.1) is 0 Å². The number of hydrogen-bond donors (Lipinski definition) is 3. The van der Waals surface area contributed by atoms with Crippen LogP contribution in [-0.4, -0.2) is 35.0 Å². The summed E-state index contributed by atoms with van der Waals surface area (Å²) >= 11 is 0. The Balaban J connectivity index is 2.66. The molecule has 0 heterocycles. The molecule has 1 aromatic carbocycles. The number of rotatable bonds is 6. The molecule has 6 heteroatoms. The highest BCUT2D eigenvalue weighted by molar-refractivity contribution is 5.89. The van der Waals surface area contributed by atoms with E-state index in [1.165, 1.54) is 13.8 Å². The third kappa shape index (κ3) is 5.09. The Morgan fingerprint density at radius 3 is 2.25 bits per heavy atom. The highest BCUT2D eigenvalue weighted by Crippen LogP contribution is 2.03. The van der Waals surface area contributed by atoms with Gasteiger partial charge in [-0.3, -0.25) is 9.59 Å². The van der Waals surface area contributed by atoms with Gasteiger partial charge in [-0.2, -0.15) is 0 Å². The Bertz CT molecular complexity index is 487. The summed E-state index contributed by atoms with van der Waals surface area (Å²) in [5.74, 6) is -1.98. The summed E-state index contributed by atoms with van der Waals surface area (Å²) < 4.78 is 0. The molecule has 0 spiro atoms. The molecular formula is C14H18N2O4. The number of aliphatic carboxylic acids is 1. The smallest absolute Gasteiger partial charge is 0.326 e. The second-order valence-electron chi connectivity index (χ2n) is 4.51. The first kappa shape index (κ1) is 15.7. The van der Waals surface area contributed by atoms with Gasteiger partial charge in [0.15, 0.2) is 0 Å². The Kier molecular flexibility index (Phi) is 5.71. The highest BCUT2D eigenvalue weighted by Gasteiger charge is 2.23. The van der Waals surface area contributed by atoms with Gasteiger partial charge in [0.05, 0.1) is 0 Å². The molecule has 0 aliphatic carbocycles. The van der Waals surface area contributed by atoms with Gasteiger partial charge in [0, 0.05) is 13.3 Å². The number of hydrogen-bond acceptors (Lipinski definition) is 3. The fourth-order valence-corrected chi connectivity index (χ4v) is 1.72. The topological polar surface area (TPSA) is 95.5 Å². The fourth-order valence-electron chi connectivity index (χ4n) is 1.72. The van der Waals surface area contributed by atoms with Crippen LogP contribution in [0.2, 0.25) is 0 Å². The standard InChI is InChI=1S/C14H18N2O4/c1-9(15-10(2)17)13(18)16-12(14(19)20)8-11-6-4-3-5-7-11/h3-7,9,12H,8H2,1-2H3,(H,15,17)(H,16,18)(H,19,20)/t9-,12-/m1/s1. The van der Waals surface area contributed by atoms with E-state index >= 15 is 0 Å². The Morgan fingerprint density at radius 2 is 1.75 bits per heavy atom. The first-order chi connectivity index (χ1) is 9.40. The maximum atomic E-state index is 11.8. The lowest BCUT2D eigenvalue weighted by atomic mass is 10.1. The molecule has 6 nitrogen and oxygen atoms in total. The van der Waals surface area contributed by atoms with Crippen molar-refractivity contribution < 1.29 is 19.5 Å². The quantitative estimate of drug-likeness (QED) is 0.698. The number of carbonyl (C=O) groups excluding carboxylic acids is 2. The van der Waals surface area contributed by atoms with Crippen LogP contribution in [0.1, 0.15) is 19.4 Å². The van der Waals surface area contributed by atoms with Gasteiger partial charge in [0.1, 0.15) is 12.1 Å². The Hall–Kier alpha value is -2.37. The van der Waals surface area contributed by atoms with Crippen LogP contribution in [0.5, 0.6) is 0 Å². The van der Waals surface area contributed by atoms with E-state index in [1.54, 1.807) is 24.3 Å². The van der Waals surface area contributed by atoms with Crippen LogP contribution >= 0.6 is 0 Å². The number of amides is 2. The summed E-state index contributed by atoms with van der Waals surface area (Å²) in [6.07, 6.45) is 0.189. The summed E-state index contributed by atoms with van der Waals surface area (Å²) in [7, 11) is 0. The number of carbonyl (C=O) groups is 3. The molecule has 0 aromatic heterocycles. The number of benzene rings is 1. The molecule has 1 rings (SSSR count). The Labute approximate surface area is 117 Å². The molecule has 0 aliphatic heterocycles. The fraction of sp³-hybridized carbons (Fsp3) is 0.357. The van der Waals surface area contributed by atoms with Gasteiger partial charge >= 0.3 is 5.97 Å². The van der Waals surface area contributed by atoms with Crippen molar-refractivity contribution in [3.8, 4) is 0 Å². The minimum Gasteiger partial charge on any atom is -0.480 e. The van der Waals surface area contributed by atoms with E-state index in [0.29, 0.717) is 0 Å². The zero-order chi connectivity index (χ0) is 15.1. The van der Waals surface area contributed by atoms with Crippen molar-refractivity contribution in [1.82, 2.24) is 10.6 Å².